The zero-order valence-corrected chi connectivity index (χ0v) is 12.8. The first-order chi connectivity index (χ1) is 11.0. The van der Waals surface area contributed by atoms with Gasteiger partial charge in [-0.1, -0.05) is 12.1 Å². The Morgan fingerprint density at radius 3 is 2.43 bits per heavy atom. The van der Waals surface area contributed by atoms with Crippen molar-refractivity contribution in [3.8, 4) is 0 Å². The Morgan fingerprint density at radius 2 is 1.83 bits per heavy atom. The van der Waals surface area contributed by atoms with E-state index in [1.165, 1.54) is 25.3 Å². The van der Waals surface area contributed by atoms with Gasteiger partial charge in [-0.25, -0.2) is 9.18 Å². The molecule has 0 bridgehead atoms. The van der Waals surface area contributed by atoms with E-state index < -0.39 is 5.97 Å². The molecule has 0 aliphatic heterocycles. The molecule has 2 rings (SSSR count). The zero-order chi connectivity index (χ0) is 16.8. The molecule has 0 aromatic heterocycles. The third-order valence-corrected chi connectivity index (χ3v) is 3.20. The van der Waals surface area contributed by atoms with Gasteiger partial charge in [0.1, 0.15) is 5.82 Å². The molecule has 0 unspecified atom stereocenters. The molecule has 118 valence electrons. The normalized spacial score (nSPS) is 10.6. The molecule has 0 aliphatic rings. The van der Waals surface area contributed by atoms with Gasteiger partial charge < -0.3 is 10.1 Å². The van der Waals surface area contributed by atoms with Crippen LogP contribution in [0.1, 0.15) is 21.5 Å². The monoisotopic (exact) mass is 313 g/mol. The number of ether oxygens (including phenoxy) is 1. The summed E-state index contributed by atoms with van der Waals surface area (Å²) in [6, 6.07) is 10.7. The molecule has 0 aliphatic carbocycles. The molecule has 0 radical (unpaired) electrons. The summed E-state index contributed by atoms with van der Waals surface area (Å²) < 4.78 is 17.4. The number of carbonyl (C=O) groups is 2. The second-order valence-electron chi connectivity index (χ2n) is 4.90. The van der Waals surface area contributed by atoms with Crippen LogP contribution in [0.4, 0.5) is 10.1 Å². The maximum Gasteiger partial charge on any atom is 0.337 e. The summed E-state index contributed by atoms with van der Waals surface area (Å²) in [6.07, 6.45) is 2.95. The fraction of sp³-hybridized carbons (Fsp3) is 0.111. The lowest BCUT2D eigenvalue weighted by atomic mass is 10.1. The van der Waals surface area contributed by atoms with E-state index in [9.17, 15) is 14.0 Å². The molecule has 0 saturated carbocycles. The van der Waals surface area contributed by atoms with Crippen molar-refractivity contribution in [1.82, 2.24) is 0 Å². The van der Waals surface area contributed by atoms with Gasteiger partial charge in [-0.05, 0) is 54.5 Å². The maximum absolute atomic E-state index is 12.8. The number of amides is 1. The number of aryl methyl sites for hydroxylation is 1. The number of benzene rings is 2. The summed E-state index contributed by atoms with van der Waals surface area (Å²) in [5.41, 5.74) is 2.49. The highest BCUT2D eigenvalue weighted by molar-refractivity contribution is 6.02. The first kappa shape index (κ1) is 16.4. The Hall–Kier alpha value is -2.95. The average molecular weight is 313 g/mol. The van der Waals surface area contributed by atoms with Crippen LogP contribution in [0.25, 0.3) is 6.08 Å². The summed E-state index contributed by atoms with van der Waals surface area (Å²) in [4.78, 5) is 23.4. The van der Waals surface area contributed by atoms with E-state index in [4.69, 9.17) is 0 Å². The van der Waals surface area contributed by atoms with Crippen LogP contribution in [-0.4, -0.2) is 19.0 Å². The smallest absolute Gasteiger partial charge is 0.337 e. The van der Waals surface area contributed by atoms with E-state index in [1.807, 2.05) is 0 Å². The van der Waals surface area contributed by atoms with Crippen molar-refractivity contribution < 1.29 is 18.7 Å². The standard InChI is InChI=1S/C18H16FNO3/c1-12-11-14(18(22)23-2)6-9-16(12)20-17(21)10-5-13-3-7-15(19)8-4-13/h3-11H,1-2H3,(H,20,21)/b10-5+. The first-order valence-corrected chi connectivity index (χ1v) is 6.93. The van der Waals surface area contributed by atoms with E-state index in [1.54, 1.807) is 43.3 Å². The molecular weight excluding hydrogens is 297 g/mol. The van der Waals surface area contributed by atoms with Crippen LogP contribution in [0, 0.1) is 12.7 Å². The second-order valence-corrected chi connectivity index (χ2v) is 4.90. The lowest BCUT2D eigenvalue weighted by Crippen LogP contribution is -2.10. The Balaban J connectivity index is 2.05. The molecule has 1 amide bonds. The van der Waals surface area contributed by atoms with Crippen LogP contribution in [0.2, 0.25) is 0 Å². The highest BCUT2D eigenvalue weighted by atomic mass is 19.1. The Kier molecular flexibility index (Phi) is 5.25. The third kappa shape index (κ3) is 4.51. The van der Waals surface area contributed by atoms with Gasteiger partial charge in [0.25, 0.3) is 0 Å². The summed E-state index contributed by atoms with van der Waals surface area (Å²) in [5, 5.41) is 2.72. The molecule has 0 saturated heterocycles. The van der Waals surface area contributed by atoms with Gasteiger partial charge in [0.2, 0.25) is 5.91 Å². The fourth-order valence-electron chi connectivity index (χ4n) is 1.97. The number of methoxy groups -OCH3 is 1. The van der Waals surface area contributed by atoms with E-state index in [2.05, 4.69) is 10.1 Å². The number of nitrogens with one attached hydrogen (secondary N) is 1. The molecule has 4 nitrogen and oxygen atoms in total. The molecule has 23 heavy (non-hydrogen) atoms. The third-order valence-electron chi connectivity index (χ3n) is 3.20. The summed E-state index contributed by atoms with van der Waals surface area (Å²) >= 11 is 0. The minimum absolute atomic E-state index is 0.316. The van der Waals surface area contributed by atoms with E-state index >= 15 is 0 Å². The maximum atomic E-state index is 12.8. The molecular formula is C18H16FNO3. The van der Waals surface area contributed by atoms with Gasteiger partial charge in [0, 0.05) is 11.8 Å². The number of hydrogen-bond donors (Lipinski definition) is 1. The minimum atomic E-state index is -0.429. The predicted octanol–water partition coefficient (Wildman–Crippen LogP) is 3.57. The zero-order valence-electron chi connectivity index (χ0n) is 12.8. The minimum Gasteiger partial charge on any atom is -0.465 e. The van der Waals surface area contributed by atoms with Gasteiger partial charge in [-0.3, -0.25) is 4.79 Å². The molecule has 0 heterocycles. The van der Waals surface area contributed by atoms with Crippen LogP contribution in [0.3, 0.4) is 0 Å². The quantitative estimate of drug-likeness (QED) is 0.693. The van der Waals surface area contributed by atoms with Crippen molar-refractivity contribution in [1.29, 1.82) is 0 Å². The highest BCUT2D eigenvalue weighted by Gasteiger charge is 2.08. The summed E-state index contributed by atoms with van der Waals surface area (Å²) in [5.74, 6) is -1.07. The number of rotatable bonds is 4. The average Bonchev–Trinajstić information content (AvgIpc) is 2.55. The number of halogens is 1. The lowest BCUT2D eigenvalue weighted by molar-refractivity contribution is -0.111. The van der Waals surface area contributed by atoms with E-state index in [-0.39, 0.29) is 11.7 Å². The van der Waals surface area contributed by atoms with Gasteiger partial charge in [0.15, 0.2) is 0 Å². The molecule has 2 aromatic rings. The van der Waals surface area contributed by atoms with Crippen molar-refractivity contribution in [3.63, 3.8) is 0 Å². The predicted molar refractivity (Wildman–Crippen MR) is 86.6 cm³/mol. The molecule has 2 aromatic carbocycles. The van der Waals surface area contributed by atoms with Crippen LogP contribution in [-0.2, 0) is 9.53 Å². The van der Waals surface area contributed by atoms with Crippen molar-refractivity contribution in [3.05, 3.63) is 71.0 Å². The molecule has 1 N–H and O–H groups in total. The SMILES string of the molecule is COC(=O)c1ccc(NC(=O)/C=C/c2ccc(F)cc2)c(C)c1. The van der Waals surface area contributed by atoms with Crippen molar-refractivity contribution >= 4 is 23.6 Å². The number of esters is 1. The van der Waals surface area contributed by atoms with Crippen molar-refractivity contribution in [2.24, 2.45) is 0 Å². The highest BCUT2D eigenvalue weighted by Crippen LogP contribution is 2.17. The Bertz CT molecular complexity index is 751. The largest absolute Gasteiger partial charge is 0.465 e. The van der Waals surface area contributed by atoms with Crippen LogP contribution in [0.5, 0.6) is 0 Å². The topological polar surface area (TPSA) is 55.4 Å². The van der Waals surface area contributed by atoms with Gasteiger partial charge in [0.05, 0.1) is 12.7 Å². The van der Waals surface area contributed by atoms with E-state index in [0.29, 0.717) is 11.3 Å². The van der Waals surface area contributed by atoms with Crippen LogP contribution in [0.15, 0.2) is 48.5 Å². The number of carbonyl (C=O) groups excluding carboxylic acids is 2. The number of anilines is 1. The number of hydrogen-bond acceptors (Lipinski definition) is 3. The summed E-state index contributed by atoms with van der Waals surface area (Å²) in [6.45, 7) is 1.78. The lowest BCUT2D eigenvalue weighted by Gasteiger charge is -2.08. The Morgan fingerprint density at radius 1 is 1.13 bits per heavy atom. The van der Waals surface area contributed by atoms with E-state index in [0.717, 1.165) is 11.1 Å². The van der Waals surface area contributed by atoms with Crippen LogP contribution >= 0.6 is 0 Å². The van der Waals surface area contributed by atoms with Gasteiger partial charge in [-0.15, -0.1) is 0 Å². The van der Waals surface area contributed by atoms with Crippen molar-refractivity contribution in [2.45, 2.75) is 6.92 Å². The first-order valence-electron chi connectivity index (χ1n) is 6.93. The molecule has 0 spiro atoms. The second kappa shape index (κ2) is 7.35. The van der Waals surface area contributed by atoms with Crippen molar-refractivity contribution in [2.75, 3.05) is 12.4 Å². The van der Waals surface area contributed by atoms with Crippen LogP contribution < -0.4 is 5.32 Å². The van der Waals surface area contributed by atoms with Gasteiger partial charge in [-0.2, -0.15) is 0 Å². The molecule has 0 atom stereocenters. The molecule has 0 fully saturated rings. The fourth-order valence-corrected chi connectivity index (χ4v) is 1.97. The van der Waals surface area contributed by atoms with Gasteiger partial charge >= 0.3 is 5.97 Å². The molecule has 5 heteroatoms. The Labute approximate surface area is 133 Å². The summed E-state index contributed by atoms with van der Waals surface area (Å²) in [7, 11) is 1.31.